The van der Waals surface area contributed by atoms with Gasteiger partial charge in [0, 0.05) is 17.1 Å². The lowest BCUT2D eigenvalue weighted by Crippen LogP contribution is -2.09. The van der Waals surface area contributed by atoms with Crippen molar-refractivity contribution in [2.24, 2.45) is 0 Å². The highest BCUT2D eigenvalue weighted by atomic mass is 15.1. The number of hydrogen-bond donors (Lipinski definition) is 0. The molecule has 0 heterocycles. The molecular formula is C50H35N. The second-order valence-electron chi connectivity index (χ2n) is 13.0. The van der Waals surface area contributed by atoms with Crippen LogP contribution < -0.4 is 4.90 Å². The Kier molecular flexibility index (Phi) is 7.92. The van der Waals surface area contributed by atoms with Crippen molar-refractivity contribution < 1.29 is 0 Å². The molecule has 0 aliphatic rings. The minimum absolute atomic E-state index is 1.11. The second kappa shape index (κ2) is 13.3. The van der Waals surface area contributed by atoms with Crippen LogP contribution in [0.25, 0.3) is 66.1 Å². The summed E-state index contributed by atoms with van der Waals surface area (Å²) in [6.07, 6.45) is 0. The van der Waals surface area contributed by atoms with Crippen LogP contribution >= 0.6 is 0 Å². The first kappa shape index (κ1) is 30.4. The minimum atomic E-state index is 1.11. The molecule has 1 heteroatoms. The molecule has 0 N–H and O–H groups in total. The van der Waals surface area contributed by atoms with E-state index in [1.165, 1.54) is 66.1 Å². The van der Waals surface area contributed by atoms with Gasteiger partial charge in [-0.15, -0.1) is 0 Å². The van der Waals surface area contributed by atoms with Crippen molar-refractivity contribution >= 4 is 38.6 Å². The molecule has 0 spiro atoms. The van der Waals surface area contributed by atoms with E-state index in [9.17, 15) is 0 Å². The van der Waals surface area contributed by atoms with Crippen LogP contribution in [0.5, 0.6) is 0 Å². The first-order valence-electron chi connectivity index (χ1n) is 17.5. The van der Waals surface area contributed by atoms with E-state index in [2.05, 4.69) is 217 Å². The summed E-state index contributed by atoms with van der Waals surface area (Å²) in [4.78, 5) is 2.34. The Labute approximate surface area is 299 Å². The molecule has 0 aliphatic carbocycles. The second-order valence-corrected chi connectivity index (χ2v) is 13.0. The maximum atomic E-state index is 2.34. The summed E-state index contributed by atoms with van der Waals surface area (Å²) in [5.74, 6) is 0. The fourth-order valence-electron chi connectivity index (χ4n) is 7.19. The van der Waals surface area contributed by atoms with Crippen molar-refractivity contribution in [1.82, 2.24) is 0 Å². The fraction of sp³-hybridized carbons (Fsp3) is 0. The van der Waals surface area contributed by atoms with Crippen molar-refractivity contribution in [1.29, 1.82) is 0 Å². The van der Waals surface area contributed by atoms with E-state index >= 15 is 0 Å². The molecule has 9 rings (SSSR count). The lowest BCUT2D eigenvalue weighted by atomic mass is 9.95. The van der Waals surface area contributed by atoms with Crippen LogP contribution in [0, 0.1) is 0 Å². The predicted molar refractivity (Wildman–Crippen MR) is 218 cm³/mol. The van der Waals surface area contributed by atoms with Crippen LogP contribution in [-0.2, 0) is 0 Å². The van der Waals surface area contributed by atoms with E-state index in [1.54, 1.807) is 0 Å². The van der Waals surface area contributed by atoms with Crippen LogP contribution in [0.15, 0.2) is 212 Å². The van der Waals surface area contributed by atoms with E-state index in [0.717, 1.165) is 17.1 Å². The van der Waals surface area contributed by atoms with E-state index in [1.807, 2.05) is 0 Å². The van der Waals surface area contributed by atoms with Gasteiger partial charge in [-0.3, -0.25) is 0 Å². The quantitative estimate of drug-likeness (QED) is 0.166. The minimum Gasteiger partial charge on any atom is -0.311 e. The molecule has 0 aromatic heterocycles. The zero-order valence-electron chi connectivity index (χ0n) is 28.2. The smallest absolute Gasteiger partial charge is 0.0462 e. The van der Waals surface area contributed by atoms with Gasteiger partial charge in [0.1, 0.15) is 0 Å². The first-order chi connectivity index (χ1) is 25.3. The van der Waals surface area contributed by atoms with Gasteiger partial charge in [-0.25, -0.2) is 0 Å². The Morgan fingerprint density at radius 2 is 0.627 bits per heavy atom. The molecule has 0 amide bonds. The molecule has 240 valence electrons. The summed E-state index contributed by atoms with van der Waals surface area (Å²) in [6.45, 7) is 0. The Balaban J connectivity index is 1.04. The molecule has 0 radical (unpaired) electrons. The van der Waals surface area contributed by atoms with Crippen molar-refractivity contribution in [3.63, 3.8) is 0 Å². The highest BCUT2D eigenvalue weighted by Crippen LogP contribution is 2.38. The normalized spacial score (nSPS) is 11.1. The Morgan fingerprint density at radius 3 is 1.18 bits per heavy atom. The van der Waals surface area contributed by atoms with Crippen LogP contribution in [-0.4, -0.2) is 0 Å². The molecule has 9 aromatic rings. The van der Waals surface area contributed by atoms with Gasteiger partial charge in [0.15, 0.2) is 0 Å². The van der Waals surface area contributed by atoms with Gasteiger partial charge in [0.05, 0.1) is 0 Å². The van der Waals surface area contributed by atoms with Crippen LogP contribution in [0.4, 0.5) is 17.1 Å². The molecule has 0 unspecified atom stereocenters. The number of rotatable bonds is 7. The largest absolute Gasteiger partial charge is 0.311 e. The monoisotopic (exact) mass is 649 g/mol. The average molecular weight is 650 g/mol. The molecule has 0 atom stereocenters. The maximum Gasteiger partial charge on any atom is 0.0462 e. The highest BCUT2D eigenvalue weighted by molar-refractivity contribution is 5.99. The Hall–Kier alpha value is -6.70. The third-order valence-corrected chi connectivity index (χ3v) is 9.86. The van der Waals surface area contributed by atoms with Crippen molar-refractivity contribution in [2.75, 3.05) is 4.90 Å². The molecule has 0 saturated carbocycles. The van der Waals surface area contributed by atoms with Gasteiger partial charge >= 0.3 is 0 Å². The topological polar surface area (TPSA) is 3.24 Å². The number of anilines is 3. The number of nitrogens with zero attached hydrogens (tertiary/aromatic N) is 1. The lowest BCUT2D eigenvalue weighted by molar-refractivity contribution is 1.28. The van der Waals surface area contributed by atoms with Gasteiger partial charge in [-0.05, 0) is 115 Å². The van der Waals surface area contributed by atoms with Gasteiger partial charge in [-0.1, -0.05) is 164 Å². The van der Waals surface area contributed by atoms with E-state index < -0.39 is 0 Å². The molecule has 0 saturated heterocycles. The van der Waals surface area contributed by atoms with E-state index in [-0.39, 0.29) is 0 Å². The van der Waals surface area contributed by atoms with Crippen LogP contribution in [0.2, 0.25) is 0 Å². The summed E-state index contributed by atoms with van der Waals surface area (Å²) in [7, 11) is 0. The van der Waals surface area contributed by atoms with Gasteiger partial charge in [0.2, 0.25) is 0 Å². The van der Waals surface area contributed by atoms with Crippen molar-refractivity contribution in [3.8, 4) is 44.5 Å². The summed E-state index contributed by atoms with van der Waals surface area (Å²) in [6, 6.07) is 76.6. The van der Waals surface area contributed by atoms with E-state index in [4.69, 9.17) is 0 Å². The summed E-state index contributed by atoms with van der Waals surface area (Å²) < 4.78 is 0. The third kappa shape index (κ3) is 6.07. The van der Waals surface area contributed by atoms with Gasteiger partial charge < -0.3 is 4.90 Å². The molecule has 0 fully saturated rings. The molecule has 51 heavy (non-hydrogen) atoms. The number of benzene rings is 9. The molecule has 0 aliphatic heterocycles. The predicted octanol–water partition coefficient (Wildman–Crippen LogP) is 14.1. The van der Waals surface area contributed by atoms with Gasteiger partial charge in [0.25, 0.3) is 0 Å². The summed E-state index contributed by atoms with van der Waals surface area (Å²) in [5, 5.41) is 5.02. The first-order valence-corrected chi connectivity index (χ1v) is 17.5. The van der Waals surface area contributed by atoms with E-state index in [0.29, 0.717) is 0 Å². The Bertz CT molecular complexity index is 2500. The highest BCUT2D eigenvalue weighted by Gasteiger charge is 2.14. The molecular weight excluding hydrogens is 615 g/mol. The van der Waals surface area contributed by atoms with Crippen LogP contribution in [0.1, 0.15) is 0 Å². The number of hydrogen-bond acceptors (Lipinski definition) is 1. The van der Waals surface area contributed by atoms with Crippen LogP contribution in [0.3, 0.4) is 0 Å². The lowest BCUT2D eigenvalue weighted by Gasteiger charge is -2.26. The SMILES string of the molecule is c1ccc(-c2ccc(N(c3ccc(-c4ccccc4)cc3)c3ccc(-c4ccc5cc(-c6cccc7ccccc67)ccc5c4)cc3)cc2)cc1. The number of fused-ring (bicyclic) bond motifs is 2. The average Bonchev–Trinajstić information content (AvgIpc) is 3.22. The molecule has 1 nitrogen and oxygen atoms in total. The Morgan fingerprint density at radius 1 is 0.235 bits per heavy atom. The molecule has 0 bridgehead atoms. The summed E-state index contributed by atoms with van der Waals surface area (Å²) >= 11 is 0. The van der Waals surface area contributed by atoms with Crippen molar-refractivity contribution in [2.45, 2.75) is 0 Å². The zero-order valence-corrected chi connectivity index (χ0v) is 28.2. The summed E-state index contributed by atoms with van der Waals surface area (Å²) in [5.41, 5.74) is 13.1. The third-order valence-electron chi connectivity index (χ3n) is 9.86. The standard InChI is InChI=1S/C50H35N/c1-3-10-36(11-4-1)38-22-28-46(29-23-38)51(47-30-24-39(25-31-47)37-12-5-2-6-13-37)48-32-26-40(27-33-48)42-18-19-44-35-45(21-20-43(44)34-42)50-17-9-15-41-14-7-8-16-49(41)50/h1-35H. The molecule has 9 aromatic carbocycles. The zero-order chi connectivity index (χ0) is 34.0. The maximum absolute atomic E-state index is 2.34. The van der Waals surface area contributed by atoms with Crippen molar-refractivity contribution in [3.05, 3.63) is 212 Å². The fourth-order valence-corrected chi connectivity index (χ4v) is 7.19. The van der Waals surface area contributed by atoms with Gasteiger partial charge in [-0.2, -0.15) is 0 Å².